The van der Waals surface area contributed by atoms with Gasteiger partial charge in [-0.1, -0.05) is 0 Å². The van der Waals surface area contributed by atoms with Crippen LogP contribution in [0.2, 0.25) is 0 Å². The smallest absolute Gasteiger partial charge is 0.333 e. The van der Waals surface area contributed by atoms with E-state index < -0.39 is 18.1 Å². The summed E-state index contributed by atoms with van der Waals surface area (Å²) in [5, 5.41) is 0. The van der Waals surface area contributed by atoms with E-state index >= 15 is 0 Å². The zero-order valence-electron chi connectivity index (χ0n) is 20.6. The number of esters is 1. The molecule has 184 valence electrons. The van der Waals surface area contributed by atoms with E-state index in [2.05, 4.69) is 0 Å². The number of rotatable bonds is 10. The zero-order valence-corrected chi connectivity index (χ0v) is 20.6. The van der Waals surface area contributed by atoms with Gasteiger partial charge in [-0.25, -0.2) is 4.79 Å². The minimum Gasteiger partial charge on any atom is -0.493 e. The molecule has 0 bridgehead atoms. The number of ether oxygens (including phenoxy) is 7. The van der Waals surface area contributed by atoms with Crippen molar-refractivity contribution in [3.8, 4) is 28.7 Å². The molecule has 34 heavy (non-hydrogen) atoms. The molecule has 9 nitrogen and oxygen atoms in total. The molecule has 0 aromatic heterocycles. The lowest BCUT2D eigenvalue weighted by molar-refractivity contribution is -0.146. The van der Waals surface area contributed by atoms with Crippen molar-refractivity contribution in [3.05, 3.63) is 41.0 Å². The Kier molecular flexibility index (Phi) is 8.22. The van der Waals surface area contributed by atoms with Crippen LogP contribution < -0.4 is 23.7 Å². The summed E-state index contributed by atoms with van der Waals surface area (Å²) in [7, 11) is 7.53. The summed E-state index contributed by atoms with van der Waals surface area (Å²) in [6, 6.07) is 6.27. The summed E-state index contributed by atoms with van der Waals surface area (Å²) < 4.78 is 39.3. The van der Waals surface area contributed by atoms with Crippen LogP contribution in [0.3, 0.4) is 0 Å². The van der Waals surface area contributed by atoms with Crippen LogP contribution in [0.5, 0.6) is 28.7 Å². The van der Waals surface area contributed by atoms with Gasteiger partial charge in [-0.05, 0) is 38.1 Å². The molecular weight excluding hydrogens is 442 g/mol. The van der Waals surface area contributed by atoms with Crippen molar-refractivity contribution in [2.45, 2.75) is 26.0 Å². The first-order valence-electron chi connectivity index (χ1n) is 10.9. The van der Waals surface area contributed by atoms with E-state index in [-0.39, 0.29) is 0 Å². The number of benzene rings is 2. The summed E-state index contributed by atoms with van der Waals surface area (Å²) in [5.74, 6) is 1.87. The Hall–Kier alpha value is -3.46. The van der Waals surface area contributed by atoms with Crippen molar-refractivity contribution in [2.75, 3.05) is 48.8 Å². The van der Waals surface area contributed by atoms with E-state index in [1.165, 1.54) is 14.2 Å². The Labute approximate surface area is 199 Å². The van der Waals surface area contributed by atoms with Gasteiger partial charge in [-0.2, -0.15) is 0 Å². The van der Waals surface area contributed by atoms with E-state index in [0.29, 0.717) is 64.4 Å². The fourth-order valence-corrected chi connectivity index (χ4v) is 4.04. The number of methoxy groups -OCH3 is 5. The molecule has 1 heterocycles. The standard InChI is InChI=1S/C25H31NO8/c1-8-33-23-19-15(13-18(30-5)22(31-6)24(19)34-9-2)20(26-21(23)25(27)32-7)14-10-11-16(28-3)17(12-14)29-4/h10-13,21,23H,8-9H2,1-7H3. The van der Waals surface area contributed by atoms with E-state index in [1.807, 2.05) is 26.0 Å². The number of hydrogen-bond donors (Lipinski definition) is 0. The summed E-state index contributed by atoms with van der Waals surface area (Å²) in [5.41, 5.74) is 2.56. The SMILES string of the molecule is CCOc1c(OC)c(OC)cc2c1C(OCC)C(C(=O)OC)N=C2c1ccc(OC)c(OC)c1. The van der Waals surface area contributed by atoms with Gasteiger partial charge in [0.1, 0.15) is 6.10 Å². The average molecular weight is 474 g/mol. The number of aliphatic imine (C=N–C) groups is 1. The number of hydrogen-bond acceptors (Lipinski definition) is 9. The van der Waals surface area contributed by atoms with Gasteiger partial charge in [0.2, 0.25) is 5.75 Å². The molecule has 2 aromatic rings. The van der Waals surface area contributed by atoms with Gasteiger partial charge < -0.3 is 33.2 Å². The van der Waals surface area contributed by atoms with Gasteiger partial charge in [0.05, 0.1) is 47.9 Å². The van der Waals surface area contributed by atoms with Crippen LogP contribution in [0.1, 0.15) is 36.6 Å². The second-order valence-corrected chi connectivity index (χ2v) is 7.23. The Balaban J connectivity index is 2.39. The van der Waals surface area contributed by atoms with Crippen LogP contribution in [0, 0.1) is 0 Å². The first kappa shape index (κ1) is 25.2. The molecule has 0 spiro atoms. The topological polar surface area (TPSA) is 94.0 Å². The molecule has 0 amide bonds. The van der Waals surface area contributed by atoms with Gasteiger partial charge >= 0.3 is 5.97 Å². The van der Waals surface area contributed by atoms with E-state index in [0.717, 1.165) is 0 Å². The van der Waals surface area contributed by atoms with Crippen molar-refractivity contribution in [1.82, 2.24) is 0 Å². The Morgan fingerprint density at radius 2 is 1.56 bits per heavy atom. The molecule has 9 heteroatoms. The molecule has 0 fully saturated rings. The van der Waals surface area contributed by atoms with E-state index in [4.69, 9.17) is 38.2 Å². The van der Waals surface area contributed by atoms with Crippen LogP contribution in [0.15, 0.2) is 29.3 Å². The molecule has 3 rings (SSSR count). The van der Waals surface area contributed by atoms with Crippen molar-refractivity contribution in [2.24, 2.45) is 4.99 Å². The second-order valence-electron chi connectivity index (χ2n) is 7.23. The van der Waals surface area contributed by atoms with Crippen LogP contribution in [-0.4, -0.2) is 66.5 Å². The predicted octanol–water partition coefficient (Wildman–Crippen LogP) is 3.59. The lowest BCUT2D eigenvalue weighted by atomic mass is 9.86. The summed E-state index contributed by atoms with van der Waals surface area (Å²) in [6.07, 6.45) is -0.752. The van der Waals surface area contributed by atoms with Crippen molar-refractivity contribution in [1.29, 1.82) is 0 Å². The maximum Gasteiger partial charge on any atom is 0.333 e. The van der Waals surface area contributed by atoms with Gasteiger partial charge in [0, 0.05) is 23.3 Å². The van der Waals surface area contributed by atoms with Gasteiger partial charge in [0.25, 0.3) is 0 Å². The van der Waals surface area contributed by atoms with Crippen LogP contribution in [0.4, 0.5) is 0 Å². The third kappa shape index (κ3) is 4.48. The van der Waals surface area contributed by atoms with Crippen LogP contribution in [-0.2, 0) is 14.3 Å². The highest BCUT2D eigenvalue weighted by Gasteiger charge is 2.41. The maximum absolute atomic E-state index is 12.9. The molecule has 0 N–H and O–H groups in total. The summed E-state index contributed by atoms with van der Waals surface area (Å²) in [4.78, 5) is 17.7. The predicted molar refractivity (Wildman–Crippen MR) is 126 cm³/mol. The largest absolute Gasteiger partial charge is 0.493 e. The van der Waals surface area contributed by atoms with Crippen molar-refractivity contribution in [3.63, 3.8) is 0 Å². The Bertz CT molecular complexity index is 1070. The van der Waals surface area contributed by atoms with Crippen molar-refractivity contribution < 1.29 is 38.0 Å². The molecule has 2 atom stereocenters. The minimum atomic E-state index is -0.960. The van der Waals surface area contributed by atoms with Gasteiger partial charge in [0.15, 0.2) is 29.0 Å². The Morgan fingerprint density at radius 1 is 0.853 bits per heavy atom. The lowest BCUT2D eigenvalue weighted by Crippen LogP contribution is -2.36. The van der Waals surface area contributed by atoms with Gasteiger partial charge in [-0.3, -0.25) is 4.99 Å². The second kappa shape index (κ2) is 11.1. The third-order valence-corrected chi connectivity index (χ3v) is 5.49. The monoisotopic (exact) mass is 473 g/mol. The first-order chi connectivity index (χ1) is 16.5. The molecule has 0 radical (unpaired) electrons. The molecule has 1 aliphatic rings. The molecule has 2 aromatic carbocycles. The summed E-state index contributed by atoms with van der Waals surface area (Å²) in [6.45, 7) is 4.42. The van der Waals surface area contributed by atoms with E-state index in [9.17, 15) is 4.79 Å². The number of carbonyl (C=O) groups is 1. The lowest BCUT2D eigenvalue weighted by Gasteiger charge is -2.33. The number of fused-ring (bicyclic) bond motifs is 1. The molecule has 1 aliphatic heterocycles. The van der Waals surface area contributed by atoms with Crippen LogP contribution >= 0.6 is 0 Å². The highest BCUT2D eigenvalue weighted by molar-refractivity contribution is 6.16. The van der Waals surface area contributed by atoms with Crippen LogP contribution in [0.25, 0.3) is 0 Å². The zero-order chi connectivity index (χ0) is 24.8. The van der Waals surface area contributed by atoms with Gasteiger partial charge in [-0.15, -0.1) is 0 Å². The number of carbonyl (C=O) groups excluding carboxylic acids is 1. The molecule has 2 unspecified atom stereocenters. The normalized spacial score (nSPS) is 16.7. The average Bonchev–Trinajstić information content (AvgIpc) is 2.87. The Morgan fingerprint density at radius 3 is 2.12 bits per heavy atom. The fourth-order valence-electron chi connectivity index (χ4n) is 4.04. The first-order valence-corrected chi connectivity index (χ1v) is 10.9. The number of nitrogens with zero attached hydrogens (tertiary/aromatic N) is 1. The third-order valence-electron chi connectivity index (χ3n) is 5.49. The minimum absolute atomic E-state index is 0.346. The summed E-state index contributed by atoms with van der Waals surface area (Å²) >= 11 is 0. The highest BCUT2D eigenvalue weighted by atomic mass is 16.5. The molecule has 0 saturated carbocycles. The maximum atomic E-state index is 12.9. The quantitative estimate of drug-likeness (QED) is 0.484. The molecular formula is C25H31NO8. The molecule has 0 aliphatic carbocycles. The fraction of sp³-hybridized carbons (Fsp3) is 0.440. The van der Waals surface area contributed by atoms with E-state index in [1.54, 1.807) is 33.5 Å². The highest BCUT2D eigenvalue weighted by Crippen LogP contribution is 2.49. The molecule has 0 saturated heterocycles. The van der Waals surface area contributed by atoms with Crippen molar-refractivity contribution >= 4 is 11.7 Å².